The first-order chi connectivity index (χ1) is 11.5. The number of carbonyl (C=O) groups excluding carboxylic acids is 1. The Bertz CT molecular complexity index is 657. The predicted octanol–water partition coefficient (Wildman–Crippen LogP) is 3.45. The zero-order valence-corrected chi connectivity index (χ0v) is 14.7. The van der Waals surface area contributed by atoms with E-state index in [9.17, 15) is 13.6 Å². The molecular formula is C19H21ClF2N2O. The summed E-state index contributed by atoms with van der Waals surface area (Å²) in [6, 6.07) is 11.6. The molecule has 1 fully saturated rings. The van der Waals surface area contributed by atoms with Gasteiger partial charge in [-0.05, 0) is 54.4 Å². The minimum Gasteiger partial charge on any atom is -0.345 e. The molecule has 2 aromatic rings. The van der Waals surface area contributed by atoms with Crippen LogP contribution in [-0.4, -0.2) is 19.0 Å². The summed E-state index contributed by atoms with van der Waals surface area (Å²) in [6.45, 7) is 3.59. The topological polar surface area (TPSA) is 41.1 Å². The quantitative estimate of drug-likeness (QED) is 0.851. The molecule has 134 valence electrons. The Hall–Kier alpha value is -1.98. The summed E-state index contributed by atoms with van der Waals surface area (Å²) in [4.78, 5) is 12.6. The van der Waals surface area contributed by atoms with Crippen LogP contribution in [-0.2, 0) is 4.79 Å². The molecule has 0 bridgehead atoms. The van der Waals surface area contributed by atoms with E-state index in [1.807, 2.05) is 6.92 Å². The number of carbonyl (C=O) groups is 1. The monoisotopic (exact) mass is 366 g/mol. The highest BCUT2D eigenvalue weighted by Crippen LogP contribution is 2.25. The lowest BCUT2D eigenvalue weighted by molar-refractivity contribution is -0.127. The minimum absolute atomic E-state index is 0. The molecule has 1 aliphatic rings. The van der Waals surface area contributed by atoms with Crippen LogP contribution < -0.4 is 10.6 Å². The molecule has 2 aromatic carbocycles. The van der Waals surface area contributed by atoms with Gasteiger partial charge in [-0.25, -0.2) is 8.78 Å². The maximum absolute atomic E-state index is 13.2. The van der Waals surface area contributed by atoms with Crippen molar-refractivity contribution in [3.05, 3.63) is 71.3 Å². The van der Waals surface area contributed by atoms with Crippen molar-refractivity contribution >= 4 is 18.3 Å². The first kappa shape index (κ1) is 19.3. The van der Waals surface area contributed by atoms with E-state index < -0.39 is 6.04 Å². The maximum atomic E-state index is 13.2. The van der Waals surface area contributed by atoms with E-state index in [1.165, 1.54) is 24.3 Å². The third-order valence-electron chi connectivity index (χ3n) is 4.63. The highest BCUT2D eigenvalue weighted by Gasteiger charge is 2.30. The van der Waals surface area contributed by atoms with Crippen LogP contribution in [0.5, 0.6) is 0 Å². The average molecular weight is 367 g/mol. The molecule has 1 saturated heterocycles. The summed E-state index contributed by atoms with van der Waals surface area (Å²) in [5, 5.41) is 6.19. The van der Waals surface area contributed by atoms with Crippen LogP contribution in [0.3, 0.4) is 0 Å². The molecule has 0 aliphatic carbocycles. The molecule has 1 aliphatic heterocycles. The van der Waals surface area contributed by atoms with Crippen molar-refractivity contribution in [1.82, 2.24) is 10.6 Å². The number of benzene rings is 2. The summed E-state index contributed by atoms with van der Waals surface area (Å²) in [5.41, 5.74) is 1.52. The van der Waals surface area contributed by atoms with Gasteiger partial charge in [0.05, 0.1) is 6.04 Å². The number of amides is 1. The van der Waals surface area contributed by atoms with Crippen molar-refractivity contribution in [2.45, 2.75) is 13.0 Å². The Kier molecular flexibility index (Phi) is 6.51. The van der Waals surface area contributed by atoms with Gasteiger partial charge in [-0.2, -0.15) is 0 Å². The van der Waals surface area contributed by atoms with Crippen molar-refractivity contribution in [1.29, 1.82) is 0 Å². The van der Waals surface area contributed by atoms with Gasteiger partial charge in [-0.15, -0.1) is 12.4 Å². The van der Waals surface area contributed by atoms with Gasteiger partial charge in [0.1, 0.15) is 11.6 Å². The van der Waals surface area contributed by atoms with Gasteiger partial charge in [0, 0.05) is 5.92 Å². The first-order valence-corrected chi connectivity index (χ1v) is 8.06. The van der Waals surface area contributed by atoms with E-state index in [0.29, 0.717) is 5.92 Å². The second kappa shape index (κ2) is 8.41. The number of rotatable bonds is 5. The molecule has 3 nitrogen and oxygen atoms in total. The lowest BCUT2D eigenvalue weighted by Crippen LogP contribution is -2.50. The van der Waals surface area contributed by atoms with Crippen molar-refractivity contribution in [2.24, 2.45) is 11.8 Å². The van der Waals surface area contributed by atoms with Gasteiger partial charge in [0.2, 0.25) is 5.91 Å². The van der Waals surface area contributed by atoms with Crippen molar-refractivity contribution in [3.8, 4) is 0 Å². The predicted molar refractivity (Wildman–Crippen MR) is 95.6 cm³/mol. The van der Waals surface area contributed by atoms with E-state index in [2.05, 4.69) is 10.6 Å². The van der Waals surface area contributed by atoms with E-state index in [0.717, 1.165) is 24.2 Å². The average Bonchev–Trinajstić information content (AvgIpc) is 2.53. The molecule has 0 saturated carbocycles. The fourth-order valence-corrected chi connectivity index (χ4v) is 2.82. The van der Waals surface area contributed by atoms with E-state index in [1.54, 1.807) is 24.3 Å². The molecule has 2 N–H and O–H groups in total. The van der Waals surface area contributed by atoms with Gasteiger partial charge in [-0.3, -0.25) is 4.79 Å². The van der Waals surface area contributed by atoms with E-state index in [4.69, 9.17) is 0 Å². The molecule has 0 spiro atoms. The van der Waals surface area contributed by atoms with Gasteiger partial charge < -0.3 is 10.6 Å². The van der Waals surface area contributed by atoms with Gasteiger partial charge in [0.15, 0.2) is 0 Å². The zero-order chi connectivity index (χ0) is 17.1. The van der Waals surface area contributed by atoms with Gasteiger partial charge in [-0.1, -0.05) is 31.2 Å². The Balaban J connectivity index is 0.00000225. The number of hydrogen-bond acceptors (Lipinski definition) is 2. The third-order valence-corrected chi connectivity index (χ3v) is 4.63. The molecule has 1 heterocycles. The number of halogens is 3. The first-order valence-electron chi connectivity index (χ1n) is 8.06. The lowest BCUT2D eigenvalue weighted by Gasteiger charge is -2.33. The van der Waals surface area contributed by atoms with Crippen LogP contribution >= 0.6 is 12.4 Å². The minimum atomic E-state index is -0.436. The molecule has 3 rings (SSSR count). The van der Waals surface area contributed by atoms with Crippen molar-refractivity contribution in [2.75, 3.05) is 13.1 Å². The molecule has 1 unspecified atom stereocenters. The Morgan fingerprint density at radius 1 is 1.00 bits per heavy atom. The Labute approximate surface area is 152 Å². The van der Waals surface area contributed by atoms with Crippen molar-refractivity contribution < 1.29 is 13.6 Å². The van der Waals surface area contributed by atoms with Crippen LogP contribution in [0.25, 0.3) is 0 Å². The smallest absolute Gasteiger partial charge is 0.223 e. The van der Waals surface area contributed by atoms with Gasteiger partial charge in [0.25, 0.3) is 0 Å². The Morgan fingerprint density at radius 3 is 1.80 bits per heavy atom. The summed E-state index contributed by atoms with van der Waals surface area (Å²) >= 11 is 0. The molecule has 0 aromatic heterocycles. The fourth-order valence-electron chi connectivity index (χ4n) is 2.82. The van der Waals surface area contributed by atoms with Crippen LogP contribution in [0.1, 0.15) is 24.1 Å². The van der Waals surface area contributed by atoms with E-state index in [-0.39, 0.29) is 35.9 Å². The number of hydrogen-bond donors (Lipinski definition) is 2. The second-order valence-electron chi connectivity index (χ2n) is 6.25. The molecule has 6 heteroatoms. The number of nitrogens with one attached hydrogen (secondary N) is 2. The van der Waals surface area contributed by atoms with Crippen molar-refractivity contribution in [3.63, 3.8) is 0 Å². The zero-order valence-electron chi connectivity index (χ0n) is 13.8. The Morgan fingerprint density at radius 2 is 1.44 bits per heavy atom. The van der Waals surface area contributed by atoms with Gasteiger partial charge >= 0.3 is 0 Å². The summed E-state index contributed by atoms with van der Waals surface area (Å²) in [5.74, 6) is -0.518. The molecular weight excluding hydrogens is 346 g/mol. The summed E-state index contributed by atoms with van der Waals surface area (Å²) < 4.78 is 26.4. The largest absolute Gasteiger partial charge is 0.345 e. The second-order valence-corrected chi connectivity index (χ2v) is 6.25. The SMILES string of the molecule is CC(C(=O)NC(c1ccc(F)cc1)c1ccc(F)cc1)C1CNC1.Cl. The molecule has 25 heavy (non-hydrogen) atoms. The molecule has 0 radical (unpaired) electrons. The van der Waals surface area contributed by atoms with Crippen LogP contribution in [0.4, 0.5) is 8.78 Å². The fraction of sp³-hybridized carbons (Fsp3) is 0.316. The van der Waals surface area contributed by atoms with Crippen LogP contribution in [0.2, 0.25) is 0 Å². The highest BCUT2D eigenvalue weighted by atomic mass is 35.5. The molecule has 1 amide bonds. The standard InChI is InChI=1S/C19H20F2N2O.ClH/c1-12(15-10-22-11-15)19(24)23-18(13-2-6-16(20)7-3-13)14-4-8-17(21)9-5-14;/h2-9,12,15,18,22H,10-11H2,1H3,(H,23,24);1H. The third kappa shape index (κ3) is 4.55. The van der Waals surface area contributed by atoms with Crippen LogP contribution in [0, 0.1) is 23.5 Å². The van der Waals surface area contributed by atoms with E-state index >= 15 is 0 Å². The molecule has 1 atom stereocenters. The lowest BCUT2D eigenvalue weighted by atomic mass is 9.87. The highest BCUT2D eigenvalue weighted by molar-refractivity contribution is 5.85. The maximum Gasteiger partial charge on any atom is 0.223 e. The summed E-state index contributed by atoms with van der Waals surface area (Å²) in [7, 11) is 0. The summed E-state index contributed by atoms with van der Waals surface area (Å²) in [6.07, 6.45) is 0. The normalized spacial score (nSPS) is 15.2. The van der Waals surface area contributed by atoms with Crippen LogP contribution in [0.15, 0.2) is 48.5 Å².